The average molecular weight is 324 g/mol. The Hall–Kier alpha value is -2.31. The van der Waals surface area contributed by atoms with Gasteiger partial charge in [-0.1, -0.05) is 25.3 Å². The smallest absolute Gasteiger partial charge is 0.405 e. The molecule has 0 heterocycles. The van der Waals surface area contributed by atoms with E-state index in [1.54, 1.807) is 0 Å². The van der Waals surface area contributed by atoms with Crippen molar-refractivity contribution in [2.24, 2.45) is 0 Å². The number of carbonyl (C=O) groups is 2. The summed E-state index contributed by atoms with van der Waals surface area (Å²) in [6.45, 7) is 0. The first-order chi connectivity index (χ1) is 11.0. The van der Waals surface area contributed by atoms with Crippen molar-refractivity contribution in [1.82, 2.24) is 10.6 Å². The number of aromatic hydroxyl groups is 1. The van der Waals surface area contributed by atoms with Crippen LogP contribution >= 0.6 is 0 Å². The van der Waals surface area contributed by atoms with Gasteiger partial charge in [0, 0.05) is 12.5 Å². The van der Waals surface area contributed by atoms with Crippen molar-refractivity contribution in [3.63, 3.8) is 0 Å². The van der Waals surface area contributed by atoms with E-state index in [2.05, 4.69) is 10.6 Å². The van der Waals surface area contributed by atoms with Gasteiger partial charge in [0.1, 0.15) is 6.04 Å². The predicted molar refractivity (Wildman–Crippen MR) is 81.7 cm³/mol. The molecule has 2 rings (SSSR count). The van der Waals surface area contributed by atoms with E-state index in [1.165, 1.54) is 12.1 Å². The average Bonchev–Trinajstić information content (AvgIpc) is 2.51. The second-order valence-corrected chi connectivity index (χ2v) is 5.84. The fourth-order valence-corrected chi connectivity index (χ4v) is 2.82. The molecule has 1 aromatic rings. The zero-order valence-electron chi connectivity index (χ0n) is 12.7. The molecule has 1 atom stereocenters. The molecule has 0 radical (unpaired) electrons. The molecule has 126 valence electrons. The van der Waals surface area contributed by atoms with E-state index in [1.807, 2.05) is 0 Å². The summed E-state index contributed by atoms with van der Waals surface area (Å²) in [6.07, 6.45) is 3.72. The largest absolute Gasteiger partial charge is 0.505 e. The zero-order chi connectivity index (χ0) is 16.8. The molecule has 0 spiro atoms. The molecule has 23 heavy (non-hydrogen) atoms. The summed E-state index contributed by atoms with van der Waals surface area (Å²) in [4.78, 5) is 23.2. The van der Waals surface area contributed by atoms with Crippen molar-refractivity contribution in [3.05, 3.63) is 29.6 Å². The molecule has 1 aliphatic carbocycles. The van der Waals surface area contributed by atoms with E-state index in [4.69, 9.17) is 5.11 Å². The number of halogens is 1. The highest BCUT2D eigenvalue weighted by Gasteiger charge is 2.24. The van der Waals surface area contributed by atoms with Crippen LogP contribution in [-0.4, -0.2) is 34.3 Å². The molecule has 4 N–H and O–H groups in total. The van der Waals surface area contributed by atoms with Gasteiger partial charge in [0.15, 0.2) is 11.6 Å². The quantitative estimate of drug-likeness (QED) is 0.667. The van der Waals surface area contributed by atoms with Gasteiger partial charge >= 0.3 is 6.09 Å². The Morgan fingerprint density at radius 1 is 1.26 bits per heavy atom. The zero-order valence-corrected chi connectivity index (χ0v) is 12.7. The van der Waals surface area contributed by atoms with Gasteiger partial charge in [0.2, 0.25) is 5.91 Å². The molecule has 0 bridgehead atoms. The Morgan fingerprint density at radius 3 is 2.57 bits per heavy atom. The molecule has 0 aliphatic heterocycles. The van der Waals surface area contributed by atoms with Crippen LogP contribution in [0.2, 0.25) is 0 Å². The summed E-state index contributed by atoms with van der Waals surface area (Å²) in [6, 6.07) is 2.80. The lowest BCUT2D eigenvalue weighted by Gasteiger charge is -2.25. The Balaban J connectivity index is 2.04. The lowest BCUT2D eigenvalue weighted by atomic mass is 9.95. The van der Waals surface area contributed by atoms with Crippen molar-refractivity contribution < 1.29 is 24.2 Å². The topological polar surface area (TPSA) is 98.7 Å². The summed E-state index contributed by atoms with van der Waals surface area (Å²) in [7, 11) is 0. The van der Waals surface area contributed by atoms with Gasteiger partial charge in [-0.3, -0.25) is 4.79 Å². The minimum absolute atomic E-state index is 0.0159. The minimum atomic E-state index is -1.31. The molecule has 0 saturated heterocycles. The first kappa shape index (κ1) is 17.1. The molecule has 1 unspecified atom stereocenters. The molecular formula is C16H21FN2O4. The highest BCUT2D eigenvalue weighted by molar-refractivity contribution is 5.85. The molecule has 1 saturated carbocycles. The molecule has 1 fully saturated rings. The third-order valence-corrected chi connectivity index (χ3v) is 4.02. The maximum atomic E-state index is 13.4. The van der Waals surface area contributed by atoms with Crippen LogP contribution in [0.3, 0.4) is 0 Å². The van der Waals surface area contributed by atoms with Crippen LogP contribution in [0.4, 0.5) is 9.18 Å². The van der Waals surface area contributed by atoms with Crippen LogP contribution in [0.5, 0.6) is 5.75 Å². The number of hydrogen-bond acceptors (Lipinski definition) is 3. The van der Waals surface area contributed by atoms with Gasteiger partial charge in [-0.05, 0) is 30.5 Å². The van der Waals surface area contributed by atoms with Gasteiger partial charge in [0.25, 0.3) is 0 Å². The SMILES string of the molecule is O=C(O)NC(Cc1ccc(O)c(F)c1)C(=O)NC1CCCCC1. The van der Waals surface area contributed by atoms with Crippen LogP contribution in [0, 0.1) is 5.82 Å². The molecule has 2 amide bonds. The van der Waals surface area contributed by atoms with Crippen molar-refractivity contribution in [2.45, 2.75) is 50.6 Å². The number of carbonyl (C=O) groups excluding carboxylic acids is 1. The van der Waals surface area contributed by atoms with Gasteiger partial charge < -0.3 is 20.8 Å². The van der Waals surface area contributed by atoms with E-state index >= 15 is 0 Å². The summed E-state index contributed by atoms with van der Waals surface area (Å²) in [5, 5.41) is 23.1. The molecule has 7 heteroatoms. The number of rotatable bonds is 5. The van der Waals surface area contributed by atoms with Crippen LogP contribution in [0.15, 0.2) is 18.2 Å². The summed E-state index contributed by atoms with van der Waals surface area (Å²) in [5.74, 6) is -1.69. The van der Waals surface area contributed by atoms with E-state index in [0.717, 1.165) is 38.2 Å². The van der Waals surface area contributed by atoms with Gasteiger partial charge in [-0.2, -0.15) is 0 Å². The van der Waals surface area contributed by atoms with Crippen LogP contribution in [0.25, 0.3) is 0 Å². The second kappa shape index (κ2) is 7.80. The van der Waals surface area contributed by atoms with Crippen molar-refractivity contribution in [1.29, 1.82) is 0 Å². The number of hydrogen-bond donors (Lipinski definition) is 4. The number of phenolic OH excluding ortho intramolecular Hbond substituents is 1. The molecule has 0 aromatic heterocycles. The van der Waals surface area contributed by atoms with E-state index in [0.29, 0.717) is 5.56 Å². The van der Waals surface area contributed by atoms with Crippen LogP contribution in [0.1, 0.15) is 37.7 Å². The van der Waals surface area contributed by atoms with Crippen molar-refractivity contribution >= 4 is 12.0 Å². The van der Waals surface area contributed by atoms with Gasteiger partial charge in [-0.25, -0.2) is 9.18 Å². The first-order valence-corrected chi connectivity index (χ1v) is 7.73. The number of amides is 2. The number of benzene rings is 1. The Kier molecular flexibility index (Phi) is 5.78. The fourth-order valence-electron chi connectivity index (χ4n) is 2.82. The van der Waals surface area contributed by atoms with Gasteiger partial charge in [0.05, 0.1) is 0 Å². The number of nitrogens with one attached hydrogen (secondary N) is 2. The predicted octanol–water partition coefficient (Wildman–Crippen LogP) is 2.16. The standard InChI is InChI=1S/C16H21FN2O4/c17-12-8-10(6-7-14(12)20)9-13(19-16(22)23)15(21)18-11-4-2-1-3-5-11/h6-8,11,13,19-20H,1-5,9H2,(H,18,21)(H,22,23). The van der Waals surface area contributed by atoms with E-state index in [9.17, 15) is 19.1 Å². The molecule has 1 aliphatic rings. The molecular weight excluding hydrogens is 303 g/mol. The lowest BCUT2D eigenvalue weighted by molar-refractivity contribution is -0.123. The minimum Gasteiger partial charge on any atom is -0.505 e. The maximum absolute atomic E-state index is 13.4. The first-order valence-electron chi connectivity index (χ1n) is 7.73. The van der Waals surface area contributed by atoms with Crippen LogP contribution < -0.4 is 10.6 Å². The second-order valence-electron chi connectivity index (χ2n) is 5.84. The van der Waals surface area contributed by atoms with E-state index in [-0.39, 0.29) is 12.5 Å². The normalized spacial score (nSPS) is 16.6. The van der Waals surface area contributed by atoms with E-state index < -0.39 is 29.6 Å². The summed E-state index contributed by atoms with van der Waals surface area (Å²) in [5.41, 5.74) is 0.429. The van der Waals surface area contributed by atoms with Gasteiger partial charge in [-0.15, -0.1) is 0 Å². The molecule has 6 nitrogen and oxygen atoms in total. The summed E-state index contributed by atoms with van der Waals surface area (Å²) < 4.78 is 13.4. The monoisotopic (exact) mass is 324 g/mol. The Morgan fingerprint density at radius 2 is 1.96 bits per heavy atom. The van der Waals surface area contributed by atoms with Crippen molar-refractivity contribution in [3.8, 4) is 5.75 Å². The third kappa shape index (κ3) is 5.12. The lowest BCUT2D eigenvalue weighted by Crippen LogP contribution is -2.50. The summed E-state index contributed by atoms with van der Waals surface area (Å²) >= 11 is 0. The fraction of sp³-hybridized carbons (Fsp3) is 0.500. The Bertz CT molecular complexity index is 573. The highest BCUT2D eigenvalue weighted by Crippen LogP contribution is 2.19. The number of carboxylic acid groups (broad SMARTS) is 1. The maximum Gasteiger partial charge on any atom is 0.405 e. The highest BCUT2D eigenvalue weighted by atomic mass is 19.1. The van der Waals surface area contributed by atoms with Crippen molar-refractivity contribution in [2.75, 3.05) is 0 Å². The third-order valence-electron chi connectivity index (χ3n) is 4.02. The molecule has 1 aromatic carbocycles. The Labute approximate surface area is 133 Å². The number of phenols is 1. The van der Waals surface area contributed by atoms with Crippen LogP contribution in [-0.2, 0) is 11.2 Å².